The molecule has 2 N–H and O–H groups in total. The summed E-state index contributed by atoms with van der Waals surface area (Å²) in [7, 11) is -3.68. The predicted molar refractivity (Wildman–Crippen MR) is 103 cm³/mol. The van der Waals surface area contributed by atoms with Gasteiger partial charge in [0.1, 0.15) is 11.9 Å². The van der Waals surface area contributed by atoms with Crippen LogP contribution in [0.25, 0.3) is 0 Å². The first-order valence-electron chi connectivity index (χ1n) is 8.94. The largest absolute Gasteiger partial charge is 0.354 e. The molecule has 3 rings (SSSR count). The molecule has 10 heteroatoms. The number of aromatic amines is 1. The van der Waals surface area contributed by atoms with Crippen molar-refractivity contribution in [1.29, 1.82) is 0 Å². The van der Waals surface area contributed by atoms with Crippen molar-refractivity contribution in [2.75, 3.05) is 13.1 Å². The molecule has 146 valence electrons. The van der Waals surface area contributed by atoms with Gasteiger partial charge in [-0.15, -0.1) is 0 Å². The predicted octanol–water partition coefficient (Wildman–Crippen LogP) is 1.47. The molecule has 2 heterocycles. The van der Waals surface area contributed by atoms with Crippen molar-refractivity contribution >= 4 is 28.1 Å². The van der Waals surface area contributed by atoms with E-state index >= 15 is 0 Å². The Kier molecular flexibility index (Phi) is 6.08. The average Bonchev–Trinajstić information content (AvgIpc) is 3.29. The number of hydrogen-bond donors (Lipinski definition) is 2. The number of aromatic nitrogens is 3. The maximum absolute atomic E-state index is 12.8. The average molecular weight is 410 g/mol. The van der Waals surface area contributed by atoms with Gasteiger partial charge in [-0.25, -0.2) is 8.42 Å². The summed E-state index contributed by atoms with van der Waals surface area (Å²) in [5, 5.41) is 9.75. The number of carbonyl (C=O) groups excluding carboxylic acids is 1. The van der Waals surface area contributed by atoms with E-state index in [1.165, 1.54) is 4.31 Å². The second-order valence-electron chi connectivity index (χ2n) is 6.32. The monoisotopic (exact) mass is 409 g/mol. The van der Waals surface area contributed by atoms with Gasteiger partial charge in [-0.05, 0) is 44.1 Å². The van der Waals surface area contributed by atoms with Crippen LogP contribution in [0, 0.1) is 4.77 Å². The third kappa shape index (κ3) is 4.12. The van der Waals surface area contributed by atoms with E-state index in [1.807, 2.05) is 11.5 Å². The maximum Gasteiger partial charge on any atom is 0.243 e. The van der Waals surface area contributed by atoms with Crippen LogP contribution < -0.4 is 5.32 Å². The zero-order valence-corrected chi connectivity index (χ0v) is 16.7. The molecule has 1 fully saturated rings. The van der Waals surface area contributed by atoms with Crippen molar-refractivity contribution in [2.24, 2.45) is 0 Å². The number of nitrogens with zero attached hydrogens (tertiary/aromatic N) is 3. The van der Waals surface area contributed by atoms with E-state index in [-0.39, 0.29) is 10.8 Å². The molecule has 1 atom stereocenters. The molecule has 1 aromatic carbocycles. The van der Waals surface area contributed by atoms with Crippen molar-refractivity contribution in [3.8, 4) is 0 Å². The minimum atomic E-state index is -3.68. The summed E-state index contributed by atoms with van der Waals surface area (Å²) in [5.41, 5.74) is 0. The molecule has 0 spiro atoms. The Morgan fingerprint density at radius 3 is 2.81 bits per heavy atom. The number of nitrogens with one attached hydrogen (secondary N) is 2. The molecule has 0 radical (unpaired) electrons. The van der Waals surface area contributed by atoms with E-state index in [1.54, 1.807) is 30.3 Å². The van der Waals surface area contributed by atoms with E-state index < -0.39 is 16.1 Å². The van der Waals surface area contributed by atoms with Gasteiger partial charge in [0, 0.05) is 26.1 Å². The van der Waals surface area contributed by atoms with Gasteiger partial charge in [0.2, 0.25) is 15.9 Å². The standard InChI is InChI=1S/C17H23N5O3S2/c1-2-21-15(19-20-17(21)26)10-11-18-16(23)14-9-6-12-22(14)27(24,25)13-7-4-3-5-8-13/h3-5,7-8,14H,2,6,9-12H2,1H3,(H,18,23)(H,20,26). The Morgan fingerprint density at radius 1 is 1.37 bits per heavy atom. The van der Waals surface area contributed by atoms with E-state index in [0.29, 0.717) is 43.7 Å². The number of rotatable bonds is 7. The Hall–Kier alpha value is -2.04. The molecule has 1 unspecified atom stereocenters. The van der Waals surface area contributed by atoms with Crippen molar-refractivity contribution in [2.45, 2.75) is 43.7 Å². The summed E-state index contributed by atoms with van der Waals surface area (Å²) in [5.74, 6) is 0.493. The highest BCUT2D eigenvalue weighted by Crippen LogP contribution is 2.26. The first-order valence-corrected chi connectivity index (χ1v) is 10.8. The van der Waals surface area contributed by atoms with Gasteiger partial charge in [-0.1, -0.05) is 18.2 Å². The first kappa shape index (κ1) is 19.7. The van der Waals surface area contributed by atoms with Crippen LogP contribution in [0.15, 0.2) is 35.2 Å². The lowest BCUT2D eigenvalue weighted by Crippen LogP contribution is -2.46. The highest BCUT2D eigenvalue weighted by molar-refractivity contribution is 7.89. The molecule has 0 saturated carbocycles. The fourth-order valence-corrected chi connectivity index (χ4v) is 5.26. The lowest BCUT2D eigenvalue weighted by Gasteiger charge is -2.23. The molecular weight excluding hydrogens is 386 g/mol. The smallest absolute Gasteiger partial charge is 0.243 e. The fourth-order valence-electron chi connectivity index (χ4n) is 3.30. The number of H-pyrrole nitrogens is 1. The lowest BCUT2D eigenvalue weighted by molar-refractivity contribution is -0.124. The number of hydrogen-bond acceptors (Lipinski definition) is 5. The molecule has 1 aliphatic heterocycles. The number of carbonyl (C=O) groups is 1. The Bertz CT molecular complexity index is 952. The molecule has 27 heavy (non-hydrogen) atoms. The maximum atomic E-state index is 12.8. The van der Waals surface area contributed by atoms with Crippen LogP contribution in [0.5, 0.6) is 0 Å². The van der Waals surface area contributed by atoms with E-state index in [2.05, 4.69) is 15.5 Å². The van der Waals surface area contributed by atoms with Crippen LogP contribution in [0.1, 0.15) is 25.6 Å². The van der Waals surface area contributed by atoms with E-state index in [0.717, 1.165) is 5.82 Å². The minimum absolute atomic E-state index is 0.211. The number of sulfonamides is 1. The SMILES string of the molecule is CCn1c(CCNC(=O)C2CCCN2S(=O)(=O)c2ccccc2)n[nH]c1=S. The van der Waals surface area contributed by atoms with Crippen LogP contribution in [0.4, 0.5) is 0 Å². The fraction of sp³-hybridized carbons (Fsp3) is 0.471. The third-order valence-corrected chi connectivity index (χ3v) is 6.89. The summed E-state index contributed by atoms with van der Waals surface area (Å²) in [6.45, 7) is 3.39. The van der Waals surface area contributed by atoms with Crippen molar-refractivity contribution in [3.05, 3.63) is 40.9 Å². The van der Waals surface area contributed by atoms with E-state index in [4.69, 9.17) is 12.2 Å². The van der Waals surface area contributed by atoms with Gasteiger partial charge in [-0.3, -0.25) is 9.89 Å². The molecule has 1 aromatic heterocycles. The molecular formula is C17H23N5O3S2. The van der Waals surface area contributed by atoms with Gasteiger partial charge < -0.3 is 9.88 Å². The molecule has 8 nitrogen and oxygen atoms in total. The molecule has 1 aliphatic rings. The Balaban J connectivity index is 1.65. The summed E-state index contributed by atoms with van der Waals surface area (Å²) in [6, 6.07) is 7.55. The van der Waals surface area contributed by atoms with Gasteiger partial charge in [-0.2, -0.15) is 9.40 Å². The summed E-state index contributed by atoms with van der Waals surface area (Å²) in [4.78, 5) is 12.8. The quantitative estimate of drug-likeness (QED) is 0.675. The second kappa shape index (κ2) is 8.32. The molecule has 0 bridgehead atoms. The molecule has 1 saturated heterocycles. The molecule has 0 aliphatic carbocycles. The lowest BCUT2D eigenvalue weighted by atomic mass is 10.2. The number of amides is 1. The van der Waals surface area contributed by atoms with Gasteiger partial charge in [0.15, 0.2) is 4.77 Å². The summed E-state index contributed by atoms with van der Waals surface area (Å²) < 4.78 is 29.4. The topological polar surface area (TPSA) is 100 Å². The van der Waals surface area contributed by atoms with Crippen LogP contribution in [-0.4, -0.2) is 52.5 Å². The second-order valence-corrected chi connectivity index (χ2v) is 8.59. The summed E-state index contributed by atoms with van der Waals surface area (Å²) >= 11 is 5.15. The van der Waals surface area contributed by atoms with Crippen molar-refractivity contribution in [3.63, 3.8) is 0 Å². The number of benzene rings is 1. The summed E-state index contributed by atoms with van der Waals surface area (Å²) in [6.07, 6.45) is 1.70. The van der Waals surface area contributed by atoms with Crippen LogP contribution in [0.3, 0.4) is 0 Å². The third-order valence-electron chi connectivity index (χ3n) is 4.66. The van der Waals surface area contributed by atoms with Gasteiger partial charge in [0.05, 0.1) is 4.90 Å². The molecule has 1 amide bonds. The van der Waals surface area contributed by atoms with Gasteiger partial charge in [0.25, 0.3) is 0 Å². The van der Waals surface area contributed by atoms with Crippen LogP contribution in [-0.2, 0) is 27.8 Å². The highest BCUT2D eigenvalue weighted by Gasteiger charge is 2.39. The highest BCUT2D eigenvalue weighted by atomic mass is 32.2. The zero-order chi connectivity index (χ0) is 19.4. The van der Waals surface area contributed by atoms with Gasteiger partial charge >= 0.3 is 0 Å². The van der Waals surface area contributed by atoms with Crippen molar-refractivity contribution < 1.29 is 13.2 Å². The minimum Gasteiger partial charge on any atom is -0.354 e. The van der Waals surface area contributed by atoms with Crippen LogP contribution in [0.2, 0.25) is 0 Å². The molecule has 2 aromatic rings. The first-order chi connectivity index (χ1) is 12.9. The normalized spacial score (nSPS) is 17.9. The van der Waals surface area contributed by atoms with Crippen LogP contribution >= 0.6 is 12.2 Å². The van der Waals surface area contributed by atoms with E-state index in [9.17, 15) is 13.2 Å². The zero-order valence-electron chi connectivity index (χ0n) is 15.1. The van der Waals surface area contributed by atoms with Crippen molar-refractivity contribution in [1.82, 2.24) is 24.4 Å². The Morgan fingerprint density at radius 2 is 2.11 bits per heavy atom. The Labute approximate surface area is 163 Å².